The first-order chi connectivity index (χ1) is 8.31. The standard InChI is InChI=1S/C14H22N2S/c1-11(10-17-2)16-9-13-6-3-5-12-7-4-8-15-14(12)13/h3,5-6,11,15-16H,4,7-10H2,1-2H3. The molecule has 0 spiro atoms. The number of aryl methyl sites for hydroxylation is 1. The van der Waals surface area contributed by atoms with Crippen LogP contribution >= 0.6 is 11.8 Å². The summed E-state index contributed by atoms with van der Waals surface area (Å²) in [5.74, 6) is 1.17. The average molecular weight is 250 g/mol. The molecule has 0 radical (unpaired) electrons. The van der Waals surface area contributed by atoms with Crippen molar-refractivity contribution in [1.82, 2.24) is 5.32 Å². The molecule has 3 heteroatoms. The van der Waals surface area contributed by atoms with Gasteiger partial charge in [0.25, 0.3) is 0 Å². The predicted molar refractivity (Wildman–Crippen MR) is 77.9 cm³/mol. The van der Waals surface area contributed by atoms with Gasteiger partial charge in [0.2, 0.25) is 0 Å². The van der Waals surface area contributed by atoms with E-state index in [9.17, 15) is 0 Å². The normalized spacial score (nSPS) is 16.1. The number of para-hydroxylation sites is 1. The second kappa shape index (κ2) is 6.31. The molecular weight excluding hydrogens is 228 g/mol. The van der Waals surface area contributed by atoms with E-state index in [-0.39, 0.29) is 0 Å². The molecule has 2 N–H and O–H groups in total. The molecule has 0 fully saturated rings. The fourth-order valence-corrected chi connectivity index (χ4v) is 2.94. The van der Waals surface area contributed by atoms with Gasteiger partial charge in [-0.15, -0.1) is 0 Å². The first-order valence-corrected chi connectivity index (χ1v) is 7.77. The maximum atomic E-state index is 3.59. The summed E-state index contributed by atoms with van der Waals surface area (Å²) < 4.78 is 0. The van der Waals surface area contributed by atoms with Gasteiger partial charge in [0.15, 0.2) is 0 Å². The number of hydrogen-bond donors (Lipinski definition) is 2. The summed E-state index contributed by atoms with van der Waals surface area (Å²) in [5, 5.41) is 7.13. The second-order valence-corrected chi connectivity index (χ2v) is 5.63. The average Bonchev–Trinajstić information content (AvgIpc) is 2.36. The van der Waals surface area contributed by atoms with Gasteiger partial charge in [0.1, 0.15) is 0 Å². The molecule has 0 bridgehead atoms. The molecule has 1 aromatic carbocycles. The monoisotopic (exact) mass is 250 g/mol. The van der Waals surface area contributed by atoms with E-state index in [1.54, 1.807) is 0 Å². The Morgan fingerprint density at radius 3 is 3.18 bits per heavy atom. The van der Waals surface area contributed by atoms with Crippen molar-refractivity contribution in [2.24, 2.45) is 0 Å². The summed E-state index contributed by atoms with van der Waals surface area (Å²) in [4.78, 5) is 0. The van der Waals surface area contributed by atoms with E-state index in [2.05, 4.69) is 42.0 Å². The minimum atomic E-state index is 0.574. The highest BCUT2D eigenvalue weighted by Crippen LogP contribution is 2.25. The summed E-state index contributed by atoms with van der Waals surface area (Å²) in [6.07, 6.45) is 4.63. The highest BCUT2D eigenvalue weighted by Gasteiger charge is 2.12. The molecule has 0 aliphatic carbocycles. The van der Waals surface area contributed by atoms with Crippen LogP contribution in [0.25, 0.3) is 0 Å². The van der Waals surface area contributed by atoms with Crippen LogP contribution in [0.5, 0.6) is 0 Å². The van der Waals surface area contributed by atoms with Crippen molar-refractivity contribution in [2.45, 2.75) is 32.4 Å². The van der Waals surface area contributed by atoms with Gasteiger partial charge >= 0.3 is 0 Å². The van der Waals surface area contributed by atoms with Crippen LogP contribution in [0.2, 0.25) is 0 Å². The molecule has 1 heterocycles. The van der Waals surface area contributed by atoms with E-state index in [1.165, 1.54) is 35.4 Å². The van der Waals surface area contributed by atoms with Gasteiger partial charge in [-0.05, 0) is 37.1 Å². The van der Waals surface area contributed by atoms with E-state index in [4.69, 9.17) is 0 Å². The maximum Gasteiger partial charge on any atom is 0.0418 e. The van der Waals surface area contributed by atoms with Gasteiger partial charge in [-0.25, -0.2) is 0 Å². The minimum Gasteiger partial charge on any atom is -0.385 e. The Morgan fingerprint density at radius 2 is 2.35 bits per heavy atom. The largest absolute Gasteiger partial charge is 0.385 e. The summed E-state index contributed by atoms with van der Waals surface area (Å²) in [6, 6.07) is 7.23. The van der Waals surface area contributed by atoms with Crippen molar-refractivity contribution >= 4 is 17.4 Å². The molecule has 94 valence electrons. The fourth-order valence-electron chi connectivity index (χ4n) is 2.32. The smallest absolute Gasteiger partial charge is 0.0418 e. The summed E-state index contributed by atoms with van der Waals surface area (Å²) >= 11 is 1.90. The molecule has 2 nitrogen and oxygen atoms in total. The molecule has 17 heavy (non-hydrogen) atoms. The first-order valence-electron chi connectivity index (χ1n) is 6.38. The van der Waals surface area contributed by atoms with Crippen molar-refractivity contribution in [3.63, 3.8) is 0 Å². The maximum absolute atomic E-state index is 3.59. The number of nitrogens with one attached hydrogen (secondary N) is 2. The molecule has 1 unspecified atom stereocenters. The lowest BCUT2D eigenvalue weighted by Crippen LogP contribution is -2.28. The summed E-state index contributed by atoms with van der Waals surface area (Å²) in [6.45, 7) is 4.33. The summed E-state index contributed by atoms with van der Waals surface area (Å²) in [5.41, 5.74) is 4.27. The molecule has 1 aromatic rings. The van der Waals surface area contributed by atoms with Crippen LogP contribution in [0.15, 0.2) is 18.2 Å². The van der Waals surface area contributed by atoms with Crippen LogP contribution in [0, 0.1) is 0 Å². The number of hydrogen-bond acceptors (Lipinski definition) is 3. The van der Waals surface area contributed by atoms with Crippen LogP contribution in [-0.2, 0) is 13.0 Å². The zero-order valence-corrected chi connectivity index (χ0v) is 11.6. The first kappa shape index (κ1) is 12.8. The minimum absolute atomic E-state index is 0.574. The number of anilines is 1. The van der Waals surface area contributed by atoms with Crippen molar-refractivity contribution in [1.29, 1.82) is 0 Å². The van der Waals surface area contributed by atoms with Crippen LogP contribution < -0.4 is 10.6 Å². The molecule has 1 aliphatic heterocycles. The Labute approximate surface area is 109 Å². The molecule has 0 saturated heterocycles. The highest BCUT2D eigenvalue weighted by atomic mass is 32.2. The molecular formula is C14H22N2S. The molecule has 1 aliphatic rings. The number of rotatable bonds is 5. The lowest BCUT2D eigenvalue weighted by Gasteiger charge is -2.22. The van der Waals surface area contributed by atoms with E-state index in [1.807, 2.05) is 11.8 Å². The molecule has 1 atom stereocenters. The third-order valence-electron chi connectivity index (χ3n) is 3.22. The second-order valence-electron chi connectivity index (χ2n) is 4.72. The lowest BCUT2D eigenvalue weighted by atomic mass is 9.99. The fraction of sp³-hybridized carbons (Fsp3) is 0.571. The summed E-state index contributed by atoms with van der Waals surface area (Å²) in [7, 11) is 0. The van der Waals surface area contributed by atoms with Gasteiger partial charge in [0, 0.05) is 30.6 Å². The van der Waals surface area contributed by atoms with Gasteiger partial charge in [-0.1, -0.05) is 18.2 Å². The topological polar surface area (TPSA) is 24.1 Å². The van der Waals surface area contributed by atoms with Gasteiger partial charge in [-0.3, -0.25) is 0 Å². The van der Waals surface area contributed by atoms with Gasteiger partial charge in [0.05, 0.1) is 0 Å². The van der Waals surface area contributed by atoms with Crippen LogP contribution in [0.3, 0.4) is 0 Å². The Balaban J connectivity index is 2.01. The Hall–Kier alpha value is -0.670. The van der Waals surface area contributed by atoms with Crippen LogP contribution in [0.1, 0.15) is 24.5 Å². The molecule has 2 rings (SSSR count). The van der Waals surface area contributed by atoms with Crippen molar-refractivity contribution in [3.8, 4) is 0 Å². The number of benzene rings is 1. The van der Waals surface area contributed by atoms with Crippen LogP contribution in [-0.4, -0.2) is 24.6 Å². The Morgan fingerprint density at radius 1 is 1.47 bits per heavy atom. The van der Waals surface area contributed by atoms with Gasteiger partial charge in [-0.2, -0.15) is 11.8 Å². The molecule has 0 saturated carbocycles. The Kier molecular flexibility index (Phi) is 4.75. The number of fused-ring (bicyclic) bond motifs is 1. The molecule has 0 aromatic heterocycles. The van der Waals surface area contributed by atoms with E-state index < -0.39 is 0 Å². The number of thioether (sulfide) groups is 1. The van der Waals surface area contributed by atoms with Crippen molar-refractivity contribution in [3.05, 3.63) is 29.3 Å². The third-order valence-corrected chi connectivity index (χ3v) is 4.05. The SMILES string of the molecule is CSCC(C)NCc1cccc2c1NCCC2. The van der Waals surface area contributed by atoms with E-state index in [0.717, 1.165) is 13.1 Å². The van der Waals surface area contributed by atoms with E-state index >= 15 is 0 Å². The predicted octanol–water partition coefficient (Wildman–Crippen LogP) is 2.89. The zero-order chi connectivity index (χ0) is 12.1. The lowest BCUT2D eigenvalue weighted by molar-refractivity contribution is 0.595. The van der Waals surface area contributed by atoms with Gasteiger partial charge < -0.3 is 10.6 Å². The third kappa shape index (κ3) is 3.39. The zero-order valence-electron chi connectivity index (χ0n) is 10.8. The highest BCUT2D eigenvalue weighted by molar-refractivity contribution is 7.98. The quantitative estimate of drug-likeness (QED) is 0.840. The van der Waals surface area contributed by atoms with Crippen LogP contribution in [0.4, 0.5) is 5.69 Å². The van der Waals surface area contributed by atoms with Crippen molar-refractivity contribution in [2.75, 3.05) is 23.9 Å². The Bertz CT molecular complexity index is 365. The van der Waals surface area contributed by atoms with Crippen molar-refractivity contribution < 1.29 is 0 Å². The van der Waals surface area contributed by atoms with E-state index in [0.29, 0.717) is 6.04 Å². The molecule has 0 amide bonds.